The van der Waals surface area contributed by atoms with Crippen LogP contribution in [-0.2, 0) is 11.0 Å². The van der Waals surface area contributed by atoms with Gasteiger partial charge < -0.3 is 5.32 Å². The van der Waals surface area contributed by atoms with E-state index in [9.17, 15) is 18.0 Å². The van der Waals surface area contributed by atoms with E-state index in [1.54, 1.807) is 0 Å². The molecule has 1 aromatic heterocycles. The van der Waals surface area contributed by atoms with E-state index in [-0.39, 0.29) is 11.4 Å². The van der Waals surface area contributed by atoms with E-state index >= 15 is 0 Å². The first kappa shape index (κ1) is 17.2. The van der Waals surface area contributed by atoms with Gasteiger partial charge >= 0.3 is 6.18 Å². The largest absolute Gasteiger partial charge is 0.416 e. The van der Waals surface area contributed by atoms with Crippen LogP contribution >= 0.6 is 11.8 Å². The second kappa shape index (κ2) is 7.10. The molecule has 0 atom stereocenters. The van der Waals surface area contributed by atoms with Gasteiger partial charge in [0, 0.05) is 11.1 Å². The van der Waals surface area contributed by atoms with Crippen molar-refractivity contribution in [3.05, 3.63) is 60.4 Å². The number of rotatable bonds is 4. The van der Waals surface area contributed by atoms with Crippen LogP contribution in [0, 0.1) is 0 Å². The van der Waals surface area contributed by atoms with Gasteiger partial charge in [0.1, 0.15) is 11.4 Å². The van der Waals surface area contributed by atoms with E-state index in [1.165, 1.54) is 30.2 Å². The first-order chi connectivity index (χ1) is 11.9. The number of benzene rings is 2. The number of para-hydroxylation sites is 1. The van der Waals surface area contributed by atoms with Gasteiger partial charge in [0.2, 0.25) is 5.91 Å². The lowest BCUT2D eigenvalue weighted by Crippen LogP contribution is -2.15. The van der Waals surface area contributed by atoms with Gasteiger partial charge in [0.05, 0.1) is 16.8 Å². The summed E-state index contributed by atoms with van der Waals surface area (Å²) >= 11 is 1.20. The van der Waals surface area contributed by atoms with Gasteiger partial charge in [-0.1, -0.05) is 36.0 Å². The maximum absolute atomic E-state index is 12.7. The topological polar surface area (TPSA) is 54.9 Å². The number of thioether (sulfide) groups is 1. The van der Waals surface area contributed by atoms with Crippen LogP contribution in [-0.4, -0.2) is 21.6 Å². The van der Waals surface area contributed by atoms with Crippen LogP contribution in [0.4, 0.5) is 18.9 Å². The number of hydrogen-bond donors (Lipinski definition) is 1. The zero-order chi connectivity index (χ0) is 17.9. The number of halogens is 3. The number of amides is 1. The summed E-state index contributed by atoms with van der Waals surface area (Å²) in [6.07, 6.45) is -3.04. The third kappa shape index (κ3) is 4.27. The highest BCUT2D eigenvalue weighted by atomic mass is 32.2. The van der Waals surface area contributed by atoms with Crippen LogP contribution in [0.5, 0.6) is 0 Å². The molecule has 4 nitrogen and oxygen atoms in total. The average Bonchev–Trinajstić information content (AvgIpc) is 2.59. The molecule has 1 amide bonds. The van der Waals surface area contributed by atoms with Crippen molar-refractivity contribution in [2.24, 2.45) is 0 Å². The van der Waals surface area contributed by atoms with E-state index in [1.807, 2.05) is 24.3 Å². The molecule has 128 valence electrons. The van der Waals surface area contributed by atoms with Crippen LogP contribution in [0.2, 0.25) is 0 Å². The Balaban J connectivity index is 1.67. The van der Waals surface area contributed by atoms with E-state index in [0.717, 1.165) is 23.0 Å². The summed E-state index contributed by atoms with van der Waals surface area (Å²) in [6.45, 7) is 0. The molecule has 2 aromatic carbocycles. The lowest BCUT2D eigenvalue weighted by Gasteiger charge is -2.10. The van der Waals surface area contributed by atoms with Crippen LogP contribution in [0.25, 0.3) is 10.9 Å². The molecule has 0 spiro atoms. The van der Waals surface area contributed by atoms with E-state index < -0.39 is 17.6 Å². The van der Waals surface area contributed by atoms with Crippen molar-refractivity contribution in [3.63, 3.8) is 0 Å². The Bertz CT molecular complexity index is 910. The van der Waals surface area contributed by atoms with Crippen molar-refractivity contribution in [1.29, 1.82) is 0 Å². The SMILES string of the molecule is O=C(CSc1ncnc2ccccc12)Nc1cccc(C(F)(F)F)c1. The highest BCUT2D eigenvalue weighted by Gasteiger charge is 2.30. The van der Waals surface area contributed by atoms with Crippen LogP contribution in [0.3, 0.4) is 0 Å². The predicted molar refractivity (Wildman–Crippen MR) is 90.3 cm³/mol. The molecule has 0 saturated carbocycles. The Morgan fingerprint density at radius 1 is 1.08 bits per heavy atom. The predicted octanol–water partition coefficient (Wildman–Crippen LogP) is 4.38. The summed E-state index contributed by atoms with van der Waals surface area (Å²) in [5.74, 6) is -0.385. The molecule has 0 radical (unpaired) electrons. The molecule has 0 aliphatic carbocycles. The standard InChI is InChI=1S/C17H12F3N3OS/c18-17(19,20)11-4-3-5-12(8-11)23-15(24)9-25-16-13-6-1-2-7-14(13)21-10-22-16/h1-8,10H,9H2,(H,23,24). The molecule has 1 N–H and O–H groups in total. The number of anilines is 1. The Morgan fingerprint density at radius 3 is 2.68 bits per heavy atom. The maximum atomic E-state index is 12.7. The highest BCUT2D eigenvalue weighted by Crippen LogP contribution is 2.31. The molecule has 0 bridgehead atoms. The number of alkyl halides is 3. The first-order valence-corrected chi connectivity index (χ1v) is 8.22. The molecular formula is C17H12F3N3OS. The van der Waals surface area contributed by atoms with Crippen molar-refractivity contribution >= 4 is 34.3 Å². The number of aromatic nitrogens is 2. The van der Waals surface area contributed by atoms with E-state index in [2.05, 4.69) is 15.3 Å². The quantitative estimate of drug-likeness (QED) is 0.552. The smallest absolute Gasteiger partial charge is 0.325 e. The van der Waals surface area contributed by atoms with Crippen molar-refractivity contribution < 1.29 is 18.0 Å². The Labute approximate surface area is 145 Å². The van der Waals surface area contributed by atoms with Gasteiger partial charge in [-0.3, -0.25) is 4.79 Å². The number of nitrogens with one attached hydrogen (secondary N) is 1. The average molecular weight is 363 g/mol. The minimum Gasteiger partial charge on any atom is -0.325 e. The zero-order valence-corrected chi connectivity index (χ0v) is 13.6. The third-order valence-electron chi connectivity index (χ3n) is 3.32. The molecule has 1 heterocycles. The molecular weight excluding hydrogens is 351 g/mol. The maximum Gasteiger partial charge on any atom is 0.416 e. The van der Waals surface area contributed by atoms with Gasteiger partial charge in [0.25, 0.3) is 0 Å². The summed E-state index contributed by atoms with van der Waals surface area (Å²) in [5, 5.41) is 3.93. The first-order valence-electron chi connectivity index (χ1n) is 7.23. The van der Waals surface area contributed by atoms with Crippen molar-refractivity contribution in [2.45, 2.75) is 11.2 Å². The fourth-order valence-electron chi connectivity index (χ4n) is 2.20. The van der Waals surface area contributed by atoms with Crippen LogP contribution < -0.4 is 5.32 Å². The molecule has 3 rings (SSSR count). The highest BCUT2D eigenvalue weighted by molar-refractivity contribution is 8.00. The summed E-state index contributed by atoms with van der Waals surface area (Å²) in [7, 11) is 0. The fourth-order valence-corrected chi connectivity index (χ4v) is 2.99. The summed E-state index contributed by atoms with van der Waals surface area (Å²) in [5.41, 5.74) is 0.0611. The lowest BCUT2D eigenvalue weighted by atomic mass is 10.2. The summed E-state index contributed by atoms with van der Waals surface area (Å²) in [6, 6.07) is 11.9. The Hall–Kier alpha value is -2.61. The molecule has 0 aliphatic heterocycles. The number of carbonyl (C=O) groups is 1. The molecule has 0 aliphatic rings. The monoisotopic (exact) mass is 363 g/mol. The van der Waals surface area contributed by atoms with Crippen LogP contribution in [0.1, 0.15) is 5.56 Å². The van der Waals surface area contributed by atoms with Crippen molar-refractivity contribution in [2.75, 3.05) is 11.1 Å². The van der Waals surface area contributed by atoms with Gasteiger partial charge in [0.15, 0.2) is 0 Å². The number of hydrogen-bond acceptors (Lipinski definition) is 4. The molecule has 3 aromatic rings. The Morgan fingerprint density at radius 2 is 1.88 bits per heavy atom. The molecule has 0 fully saturated rings. The number of carbonyl (C=O) groups excluding carboxylic acids is 1. The molecule has 0 saturated heterocycles. The van der Waals surface area contributed by atoms with Crippen molar-refractivity contribution in [1.82, 2.24) is 9.97 Å². The zero-order valence-electron chi connectivity index (χ0n) is 12.7. The van der Waals surface area contributed by atoms with Crippen LogP contribution in [0.15, 0.2) is 59.9 Å². The van der Waals surface area contributed by atoms with Gasteiger partial charge in [-0.15, -0.1) is 0 Å². The number of nitrogens with zero attached hydrogens (tertiary/aromatic N) is 2. The Kier molecular flexibility index (Phi) is 4.89. The third-order valence-corrected chi connectivity index (χ3v) is 4.33. The van der Waals surface area contributed by atoms with Gasteiger partial charge in [-0.05, 0) is 24.3 Å². The number of fused-ring (bicyclic) bond motifs is 1. The summed E-state index contributed by atoms with van der Waals surface area (Å²) in [4.78, 5) is 20.3. The van der Waals surface area contributed by atoms with Gasteiger partial charge in [-0.2, -0.15) is 13.2 Å². The summed E-state index contributed by atoms with van der Waals surface area (Å²) < 4.78 is 38.1. The minimum atomic E-state index is -4.45. The minimum absolute atomic E-state index is 0.0251. The molecule has 0 unspecified atom stereocenters. The van der Waals surface area contributed by atoms with E-state index in [4.69, 9.17) is 0 Å². The normalized spacial score (nSPS) is 11.5. The van der Waals surface area contributed by atoms with Gasteiger partial charge in [-0.25, -0.2) is 9.97 Å². The molecule has 25 heavy (non-hydrogen) atoms. The second-order valence-electron chi connectivity index (χ2n) is 5.11. The lowest BCUT2D eigenvalue weighted by molar-refractivity contribution is -0.137. The fraction of sp³-hybridized carbons (Fsp3) is 0.118. The molecule has 8 heteroatoms. The van der Waals surface area contributed by atoms with Crippen molar-refractivity contribution in [3.8, 4) is 0 Å². The second-order valence-corrected chi connectivity index (χ2v) is 6.08. The van der Waals surface area contributed by atoms with E-state index in [0.29, 0.717) is 5.03 Å².